The normalized spacial score (nSPS) is 17.1. The number of benzene rings is 1. The van der Waals surface area contributed by atoms with Gasteiger partial charge in [-0.2, -0.15) is 0 Å². The summed E-state index contributed by atoms with van der Waals surface area (Å²) in [5, 5.41) is 5.60. The number of ether oxygens (including phenoxy) is 1. The molecule has 0 bridgehead atoms. The zero-order valence-electron chi connectivity index (χ0n) is 9.77. The van der Waals surface area contributed by atoms with Crippen LogP contribution in [0.15, 0.2) is 42.1 Å². The van der Waals surface area contributed by atoms with E-state index in [1.54, 1.807) is 19.3 Å². The molecule has 1 fully saturated rings. The molecule has 0 aromatic heterocycles. The molecular formula is C13H12N2O2S. The fourth-order valence-electron chi connectivity index (χ4n) is 1.47. The van der Waals surface area contributed by atoms with E-state index in [-0.39, 0.29) is 5.91 Å². The number of carbonyl (C=O) groups is 1. The van der Waals surface area contributed by atoms with Gasteiger partial charge in [0, 0.05) is 0 Å². The van der Waals surface area contributed by atoms with Crippen LogP contribution in [0.1, 0.15) is 5.56 Å². The summed E-state index contributed by atoms with van der Waals surface area (Å²) >= 11 is 4.82. The summed E-state index contributed by atoms with van der Waals surface area (Å²) in [7, 11) is 1.63. The van der Waals surface area contributed by atoms with E-state index in [9.17, 15) is 4.79 Å². The van der Waals surface area contributed by atoms with Gasteiger partial charge in [0.1, 0.15) is 11.4 Å². The van der Waals surface area contributed by atoms with Crippen molar-refractivity contribution in [3.05, 3.63) is 47.7 Å². The first-order valence-electron chi connectivity index (χ1n) is 5.34. The molecule has 1 aromatic rings. The maximum atomic E-state index is 11.3. The Balaban J connectivity index is 2.04. The molecule has 0 unspecified atom stereocenters. The van der Waals surface area contributed by atoms with Crippen LogP contribution in [0.4, 0.5) is 0 Å². The van der Waals surface area contributed by atoms with E-state index in [1.807, 2.05) is 30.3 Å². The van der Waals surface area contributed by atoms with Gasteiger partial charge >= 0.3 is 0 Å². The van der Waals surface area contributed by atoms with Crippen molar-refractivity contribution in [2.75, 3.05) is 7.11 Å². The fraction of sp³-hybridized carbons (Fsp3) is 0.0769. The van der Waals surface area contributed by atoms with Gasteiger partial charge in [-0.3, -0.25) is 10.1 Å². The molecule has 5 heteroatoms. The first kappa shape index (κ1) is 12.3. The highest BCUT2D eigenvalue weighted by Crippen LogP contribution is 2.12. The molecule has 0 atom stereocenters. The van der Waals surface area contributed by atoms with E-state index in [1.165, 1.54) is 0 Å². The monoisotopic (exact) mass is 260 g/mol. The second kappa shape index (κ2) is 5.46. The molecule has 1 aliphatic rings. The van der Waals surface area contributed by atoms with Crippen LogP contribution in [0.3, 0.4) is 0 Å². The van der Waals surface area contributed by atoms with Gasteiger partial charge in [0.05, 0.1) is 7.11 Å². The van der Waals surface area contributed by atoms with Crippen molar-refractivity contribution >= 4 is 29.3 Å². The third kappa shape index (κ3) is 2.95. The van der Waals surface area contributed by atoms with Crippen LogP contribution in [-0.2, 0) is 4.79 Å². The molecule has 92 valence electrons. The molecule has 2 rings (SSSR count). The summed E-state index contributed by atoms with van der Waals surface area (Å²) < 4.78 is 5.07. The lowest BCUT2D eigenvalue weighted by Gasteiger charge is -1.98. The van der Waals surface area contributed by atoms with Gasteiger partial charge in [-0.15, -0.1) is 0 Å². The summed E-state index contributed by atoms with van der Waals surface area (Å²) in [6.07, 6.45) is 5.36. The number of allylic oxidation sites excluding steroid dienone is 2. The summed E-state index contributed by atoms with van der Waals surface area (Å²) in [5.74, 6) is 0.604. The number of hydrogen-bond acceptors (Lipinski definition) is 3. The quantitative estimate of drug-likeness (QED) is 0.640. The SMILES string of the molecule is COc1ccc(/C=C\C=C2\NC(=S)NC2=O)cc1. The molecule has 1 amide bonds. The Kier molecular flexibility index (Phi) is 3.74. The van der Waals surface area contributed by atoms with Crippen LogP contribution < -0.4 is 15.4 Å². The van der Waals surface area contributed by atoms with Gasteiger partial charge in [-0.05, 0) is 36.0 Å². The van der Waals surface area contributed by atoms with E-state index >= 15 is 0 Å². The van der Waals surface area contributed by atoms with Crippen molar-refractivity contribution in [1.29, 1.82) is 0 Å². The van der Waals surface area contributed by atoms with Crippen molar-refractivity contribution in [3.63, 3.8) is 0 Å². The molecule has 0 spiro atoms. The van der Waals surface area contributed by atoms with Crippen LogP contribution in [-0.4, -0.2) is 18.1 Å². The van der Waals surface area contributed by atoms with E-state index in [0.29, 0.717) is 10.8 Å². The molecule has 1 saturated heterocycles. The molecule has 0 saturated carbocycles. The van der Waals surface area contributed by atoms with Gasteiger partial charge in [0.2, 0.25) is 0 Å². The molecular weight excluding hydrogens is 248 g/mol. The number of nitrogens with one attached hydrogen (secondary N) is 2. The predicted octanol–water partition coefficient (Wildman–Crippen LogP) is 1.60. The zero-order valence-corrected chi connectivity index (χ0v) is 10.6. The van der Waals surface area contributed by atoms with Crippen LogP contribution in [0.5, 0.6) is 5.75 Å². The van der Waals surface area contributed by atoms with Gasteiger partial charge < -0.3 is 10.1 Å². The van der Waals surface area contributed by atoms with Crippen LogP contribution in [0, 0.1) is 0 Å². The standard InChI is InChI=1S/C13H12N2O2S/c1-17-10-7-5-9(6-8-10)3-2-4-11-12(16)15-13(18)14-11/h2-8H,1H3,(H2,14,15,16,18)/b3-2-,11-4+. The highest BCUT2D eigenvalue weighted by molar-refractivity contribution is 7.80. The number of thiocarbonyl (C=S) groups is 1. The minimum absolute atomic E-state index is 0.209. The van der Waals surface area contributed by atoms with Crippen LogP contribution in [0.25, 0.3) is 6.08 Å². The first-order valence-corrected chi connectivity index (χ1v) is 5.74. The smallest absolute Gasteiger partial charge is 0.273 e. The Labute approximate surface area is 110 Å². The number of amides is 1. The Morgan fingerprint density at radius 1 is 1.22 bits per heavy atom. The molecule has 1 aromatic carbocycles. The summed E-state index contributed by atoms with van der Waals surface area (Å²) in [5.41, 5.74) is 1.47. The van der Waals surface area contributed by atoms with E-state index in [4.69, 9.17) is 17.0 Å². The Bertz CT molecular complexity index is 532. The largest absolute Gasteiger partial charge is 0.497 e. The van der Waals surface area contributed by atoms with Crippen LogP contribution in [0.2, 0.25) is 0 Å². The van der Waals surface area contributed by atoms with Crippen molar-refractivity contribution in [3.8, 4) is 5.75 Å². The Morgan fingerprint density at radius 2 is 1.94 bits per heavy atom. The highest BCUT2D eigenvalue weighted by atomic mass is 32.1. The molecule has 1 heterocycles. The number of rotatable bonds is 3. The lowest BCUT2D eigenvalue weighted by Crippen LogP contribution is -2.21. The molecule has 0 aliphatic carbocycles. The third-order valence-electron chi connectivity index (χ3n) is 2.39. The predicted molar refractivity (Wildman–Crippen MR) is 74.0 cm³/mol. The zero-order chi connectivity index (χ0) is 13.0. The summed E-state index contributed by atoms with van der Waals surface area (Å²) in [6.45, 7) is 0. The Morgan fingerprint density at radius 3 is 2.50 bits per heavy atom. The lowest BCUT2D eigenvalue weighted by molar-refractivity contribution is -0.115. The molecule has 1 aliphatic heterocycles. The molecule has 4 nitrogen and oxygen atoms in total. The minimum atomic E-state index is -0.209. The number of methoxy groups -OCH3 is 1. The van der Waals surface area contributed by atoms with Gasteiger partial charge in [-0.25, -0.2) is 0 Å². The van der Waals surface area contributed by atoms with Crippen LogP contribution >= 0.6 is 12.2 Å². The fourth-order valence-corrected chi connectivity index (χ4v) is 1.67. The van der Waals surface area contributed by atoms with Crippen molar-refractivity contribution < 1.29 is 9.53 Å². The van der Waals surface area contributed by atoms with Gasteiger partial charge in [0.25, 0.3) is 5.91 Å². The van der Waals surface area contributed by atoms with Gasteiger partial charge in [0.15, 0.2) is 5.11 Å². The highest BCUT2D eigenvalue weighted by Gasteiger charge is 2.18. The molecule has 18 heavy (non-hydrogen) atoms. The average molecular weight is 260 g/mol. The van der Waals surface area contributed by atoms with E-state index in [2.05, 4.69) is 10.6 Å². The van der Waals surface area contributed by atoms with Crippen molar-refractivity contribution in [1.82, 2.24) is 10.6 Å². The Hall–Kier alpha value is -2.14. The molecule has 2 N–H and O–H groups in total. The van der Waals surface area contributed by atoms with Crippen molar-refractivity contribution in [2.45, 2.75) is 0 Å². The number of hydrogen-bond donors (Lipinski definition) is 2. The van der Waals surface area contributed by atoms with E-state index in [0.717, 1.165) is 11.3 Å². The average Bonchev–Trinajstić information content (AvgIpc) is 2.69. The number of carbonyl (C=O) groups excluding carboxylic acids is 1. The maximum absolute atomic E-state index is 11.3. The second-order valence-electron chi connectivity index (χ2n) is 3.62. The third-order valence-corrected chi connectivity index (χ3v) is 2.59. The summed E-state index contributed by atoms with van der Waals surface area (Å²) in [4.78, 5) is 11.3. The maximum Gasteiger partial charge on any atom is 0.273 e. The lowest BCUT2D eigenvalue weighted by atomic mass is 10.2. The van der Waals surface area contributed by atoms with Crippen molar-refractivity contribution in [2.24, 2.45) is 0 Å². The first-order chi connectivity index (χ1) is 8.69. The second-order valence-corrected chi connectivity index (χ2v) is 4.03. The summed E-state index contributed by atoms with van der Waals surface area (Å²) in [6, 6.07) is 7.62. The van der Waals surface area contributed by atoms with E-state index < -0.39 is 0 Å². The molecule has 0 radical (unpaired) electrons. The topological polar surface area (TPSA) is 50.4 Å². The van der Waals surface area contributed by atoms with Gasteiger partial charge in [-0.1, -0.05) is 24.3 Å². The minimum Gasteiger partial charge on any atom is -0.497 e.